The Bertz CT molecular complexity index is 1120. The third-order valence-electron chi connectivity index (χ3n) is 6.42. The Balaban J connectivity index is 1.72. The topological polar surface area (TPSA) is 43.8 Å². The van der Waals surface area contributed by atoms with Gasteiger partial charge in [-0.2, -0.15) is 0 Å². The number of piperidine rings is 1. The van der Waals surface area contributed by atoms with E-state index in [2.05, 4.69) is 44.2 Å². The van der Waals surface area contributed by atoms with Crippen molar-refractivity contribution in [1.82, 2.24) is 9.80 Å². The van der Waals surface area contributed by atoms with Crippen LogP contribution in [-0.2, 0) is 0 Å². The highest BCUT2D eigenvalue weighted by atomic mass is 16.3. The van der Waals surface area contributed by atoms with E-state index >= 15 is 0 Å². The van der Waals surface area contributed by atoms with E-state index in [9.17, 15) is 9.90 Å². The van der Waals surface area contributed by atoms with Crippen molar-refractivity contribution in [3.63, 3.8) is 0 Å². The summed E-state index contributed by atoms with van der Waals surface area (Å²) < 4.78 is 0. The minimum absolute atomic E-state index is 0.000261. The van der Waals surface area contributed by atoms with Crippen LogP contribution in [0.2, 0.25) is 0 Å². The summed E-state index contributed by atoms with van der Waals surface area (Å²) in [6, 6.07) is 18.7. The minimum atomic E-state index is -0.855. The normalized spacial score (nSPS) is 19.2. The number of aryl methyl sites for hydroxylation is 2. The zero-order valence-corrected chi connectivity index (χ0v) is 19.0. The first kappa shape index (κ1) is 21.5. The maximum Gasteiger partial charge on any atom is 0.254 e. The van der Waals surface area contributed by atoms with Gasteiger partial charge in [-0.3, -0.25) is 4.79 Å². The van der Waals surface area contributed by atoms with Gasteiger partial charge in [0.15, 0.2) is 0 Å². The van der Waals surface area contributed by atoms with Gasteiger partial charge in [-0.25, -0.2) is 0 Å². The monoisotopic (exact) mass is 416 g/mol. The second-order valence-electron chi connectivity index (χ2n) is 9.30. The number of carbonyl (C=O) groups excluding carboxylic acids is 1. The Morgan fingerprint density at radius 2 is 1.77 bits per heavy atom. The summed E-state index contributed by atoms with van der Waals surface area (Å²) in [5.74, 6) is -0.000261. The van der Waals surface area contributed by atoms with Gasteiger partial charge in [-0.1, -0.05) is 48.5 Å². The molecule has 4 nitrogen and oxygen atoms in total. The molecule has 0 bridgehead atoms. The number of likely N-dealkylation sites (tertiary alicyclic amines) is 1. The van der Waals surface area contributed by atoms with Crippen LogP contribution >= 0.6 is 0 Å². The fraction of sp³-hybridized carbons (Fsp3) is 0.370. The molecular weight excluding hydrogens is 384 g/mol. The molecule has 31 heavy (non-hydrogen) atoms. The van der Waals surface area contributed by atoms with Gasteiger partial charge in [-0.15, -0.1) is 0 Å². The van der Waals surface area contributed by atoms with Crippen molar-refractivity contribution in [2.75, 3.05) is 33.7 Å². The lowest BCUT2D eigenvalue weighted by Gasteiger charge is -2.40. The van der Waals surface area contributed by atoms with Crippen molar-refractivity contribution >= 4 is 16.7 Å². The molecule has 1 aliphatic rings. The van der Waals surface area contributed by atoms with Gasteiger partial charge in [0, 0.05) is 18.7 Å². The maximum absolute atomic E-state index is 13.5. The zero-order valence-electron chi connectivity index (χ0n) is 19.0. The molecule has 3 aromatic rings. The molecule has 1 unspecified atom stereocenters. The number of hydrogen-bond donors (Lipinski definition) is 1. The lowest BCUT2D eigenvalue weighted by atomic mass is 9.90. The van der Waals surface area contributed by atoms with E-state index in [1.165, 1.54) is 11.1 Å². The van der Waals surface area contributed by atoms with Gasteiger partial charge in [0.25, 0.3) is 5.91 Å². The molecule has 1 N–H and O–H groups in total. The van der Waals surface area contributed by atoms with Gasteiger partial charge >= 0.3 is 0 Å². The van der Waals surface area contributed by atoms with E-state index < -0.39 is 5.60 Å². The molecule has 162 valence electrons. The van der Waals surface area contributed by atoms with Gasteiger partial charge in [0.05, 0.1) is 12.1 Å². The van der Waals surface area contributed by atoms with Crippen molar-refractivity contribution in [2.24, 2.45) is 0 Å². The molecule has 0 spiro atoms. The summed E-state index contributed by atoms with van der Waals surface area (Å²) >= 11 is 0. The van der Waals surface area contributed by atoms with Gasteiger partial charge in [0.1, 0.15) is 0 Å². The number of likely N-dealkylation sites (N-methyl/N-ethyl adjacent to an activating group) is 1. The van der Waals surface area contributed by atoms with Crippen molar-refractivity contribution in [1.29, 1.82) is 0 Å². The van der Waals surface area contributed by atoms with Crippen LogP contribution in [0.5, 0.6) is 0 Å². The number of fused-ring (bicyclic) bond motifs is 1. The second kappa shape index (κ2) is 8.45. The van der Waals surface area contributed by atoms with Gasteiger partial charge in [-0.05, 0) is 79.9 Å². The number of rotatable bonds is 4. The number of hydrogen-bond acceptors (Lipinski definition) is 3. The summed E-state index contributed by atoms with van der Waals surface area (Å²) in [7, 11) is 3.91. The molecule has 4 rings (SSSR count). The first-order valence-electron chi connectivity index (χ1n) is 11.0. The Hall–Kier alpha value is -2.69. The van der Waals surface area contributed by atoms with Gasteiger partial charge < -0.3 is 14.9 Å². The average Bonchev–Trinajstić information content (AvgIpc) is 2.73. The second-order valence-corrected chi connectivity index (χ2v) is 9.30. The fourth-order valence-electron chi connectivity index (χ4n) is 4.83. The number of β-amino-alcohol motifs (C(OH)–C–C–N with tert-alkyl or cyclic N) is 1. The van der Waals surface area contributed by atoms with Crippen molar-refractivity contribution < 1.29 is 9.90 Å². The Kier molecular flexibility index (Phi) is 5.87. The third-order valence-corrected chi connectivity index (χ3v) is 6.42. The largest absolute Gasteiger partial charge is 0.387 e. The SMILES string of the molecule is Cc1ccc(-c2cccc3c(C(=O)N4CCCC(O)(CN(C)C)C4)cccc23)cc1C. The van der Waals surface area contributed by atoms with Crippen LogP contribution in [-0.4, -0.2) is 60.1 Å². The summed E-state index contributed by atoms with van der Waals surface area (Å²) in [6.07, 6.45) is 1.54. The Morgan fingerprint density at radius 1 is 1.03 bits per heavy atom. The standard InChI is InChI=1S/C27H32N2O2/c1-19-12-13-21(16-20(19)2)22-8-5-10-24-23(22)9-6-11-25(24)26(30)29-15-7-14-27(31,18-29)17-28(3)4/h5-6,8-13,16,31H,7,14-15,17-18H2,1-4H3. The quantitative estimate of drug-likeness (QED) is 0.673. The van der Waals surface area contributed by atoms with Crippen LogP contribution < -0.4 is 0 Å². The molecule has 1 amide bonds. The summed E-state index contributed by atoms with van der Waals surface area (Å²) in [5, 5.41) is 13.1. The molecule has 1 heterocycles. The molecule has 1 fully saturated rings. The van der Waals surface area contributed by atoms with E-state index in [1.807, 2.05) is 48.2 Å². The van der Waals surface area contributed by atoms with Crippen LogP contribution in [0.4, 0.5) is 0 Å². The lowest BCUT2D eigenvalue weighted by Crippen LogP contribution is -2.54. The van der Waals surface area contributed by atoms with Crippen LogP contribution in [0.25, 0.3) is 21.9 Å². The molecule has 0 aromatic heterocycles. The maximum atomic E-state index is 13.5. The Labute approximate surface area is 185 Å². The van der Waals surface area contributed by atoms with Crippen LogP contribution in [0.15, 0.2) is 54.6 Å². The highest BCUT2D eigenvalue weighted by Crippen LogP contribution is 2.32. The molecule has 3 aromatic carbocycles. The molecule has 0 radical (unpaired) electrons. The summed E-state index contributed by atoms with van der Waals surface area (Å²) in [6.45, 7) is 5.86. The molecular formula is C27H32N2O2. The predicted molar refractivity (Wildman–Crippen MR) is 127 cm³/mol. The number of carbonyl (C=O) groups is 1. The molecule has 4 heteroatoms. The van der Waals surface area contributed by atoms with Crippen LogP contribution in [0.3, 0.4) is 0 Å². The van der Waals surface area contributed by atoms with E-state index in [0.29, 0.717) is 25.2 Å². The van der Waals surface area contributed by atoms with E-state index in [1.54, 1.807) is 0 Å². The lowest BCUT2D eigenvalue weighted by molar-refractivity contribution is -0.0391. The third kappa shape index (κ3) is 4.36. The zero-order chi connectivity index (χ0) is 22.2. The average molecular weight is 417 g/mol. The van der Waals surface area contributed by atoms with E-state index in [4.69, 9.17) is 0 Å². The molecule has 1 atom stereocenters. The van der Waals surface area contributed by atoms with Crippen molar-refractivity contribution in [2.45, 2.75) is 32.3 Å². The number of aliphatic hydroxyl groups is 1. The summed E-state index contributed by atoms with van der Waals surface area (Å²) in [4.78, 5) is 17.3. The predicted octanol–water partition coefficient (Wildman–Crippen LogP) is 4.65. The Morgan fingerprint density at radius 3 is 2.52 bits per heavy atom. The van der Waals surface area contributed by atoms with Crippen molar-refractivity contribution in [3.05, 3.63) is 71.3 Å². The molecule has 0 aliphatic carbocycles. The van der Waals surface area contributed by atoms with Crippen molar-refractivity contribution in [3.8, 4) is 11.1 Å². The highest BCUT2D eigenvalue weighted by Gasteiger charge is 2.36. The smallest absolute Gasteiger partial charge is 0.254 e. The minimum Gasteiger partial charge on any atom is -0.387 e. The van der Waals surface area contributed by atoms with Crippen LogP contribution in [0, 0.1) is 13.8 Å². The first-order chi connectivity index (χ1) is 14.8. The fourth-order valence-corrected chi connectivity index (χ4v) is 4.83. The highest BCUT2D eigenvalue weighted by molar-refractivity contribution is 6.10. The van der Waals surface area contributed by atoms with Gasteiger partial charge in [0.2, 0.25) is 0 Å². The van der Waals surface area contributed by atoms with E-state index in [0.717, 1.165) is 34.7 Å². The van der Waals surface area contributed by atoms with Crippen LogP contribution in [0.1, 0.15) is 34.3 Å². The molecule has 1 aliphatic heterocycles. The number of amides is 1. The first-order valence-corrected chi connectivity index (χ1v) is 11.0. The summed E-state index contributed by atoms with van der Waals surface area (Å²) in [5.41, 5.74) is 4.68. The number of benzene rings is 3. The molecule has 0 saturated carbocycles. The van der Waals surface area contributed by atoms with E-state index in [-0.39, 0.29) is 5.91 Å². The number of nitrogens with zero attached hydrogens (tertiary/aromatic N) is 2. The molecule has 1 saturated heterocycles.